The van der Waals surface area contributed by atoms with Crippen molar-refractivity contribution in [1.82, 2.24) is 4.90 Å². The predicted molar refractivity (Wildman–Crippen MR) is 98.0 cm³/mol. The fourth-order valence-electron chi connectivity index (χ4n) is 3.86. The molecule has 29 heavy (non-hydrogen) atoms. The number of amides is 3. The summed E-state index contributed by atoms with van der Waals surface area (Å²) in [7, 11) is 0. The SMILES string of the molecule is CCCOc1ccc(C(F)(F)F)cc1NC(=O)CN1C(=O)[C@H]2CCCC[C@H]2C1=O. The zero-order chi connectivity index (χ0) is 21.2. The maximum atomic E-state index is 13.0. The van der Waals surface area contributed by atoms with Crippen LogP contribution in [-0.2, 0) is 20.6 Å². The second kappa shape index (κ2) is 8.42. The molecule has 1 aliphatic heterocycles. The summed E-state index contributed by atoms with van der Waals surface area (Å²) in [5.41, 5.74) is -1.08. The van der Waals surface area contributed by atoms with Crippen molar-refractivity contribution < 1.29 is 32.3 Å². The number of anilines is 1. The van der Waals surface area contributed by atoms with Crippen LogP contribution in [0, 0.1) is 11.8 Å². The summed E-state index contributed by atoms with van der Waals surface area (Å²) in [5, 5.41) is 2.37. The Morgan fingerprint density at radius 1 is 1.17 bits per heavy atom. The van der Waals surface area contributed by atoms with Crippen molar-refractivity contribution >= 4 is 23.4 Å². The molecule has 0 spiro atoms. The zero-order valence-corrected chi connectivity index (χ0v) is 16.1. The number of rotatable bonds is 6. The number of benzene rings is 1. The van der Waals surface area contributed by atoms with E-state index in [1.54, 1.807) is 0 Å². The van der Waals surface area contributed by atoms with Crippen LogP contribution in [0.4, 0.5) is 18.9 Å². The first-order valence-corrected chi connectivity index (χ1v) is 9.71. The Bertz CT molecular complexity index is 785. The minimum absolute atomic E-state index is 0.0981. The number of alkyl halides is 3. The van der Waals surface area contributed by atoms with Gasteiger partial charge < -0.3 is 10.1 Å². The molecule has 2 aliphatic rings. The molecule has 6 nitrogen and oxygen atoms in total. The van der Waals surface area contributed by atoms with Gasteiger partial charge in [0.1, 0.15) is 12.3 Å². The van der Waals surface area contributed by atoms with Gasteiger partial charge in [-0.3, -0.25) is 19.3 Å². The minimum Gasteiger partial charge on any atom is -0.491 e. The second-order valence-electron chi connectivity index (χ2n) is 7.37. The van der Waals surface area contributed by atoms with Crippen molar-refractivity contribution in [2.45, 2.75) is 45.2 Å². The molecule has 1 heterocycles. The number of likely N-dealkylation sites (tertiary alicyclic amines) is 1. The van der Waals surface area contributed by atoms with Crippen molar-refractivity contribution in [2.24, 2.45) is 11.8 Å². The Kier molecular flexibility index (Phi) is 6.14. The summed E-state index contributed by atoms with van der Waals surface area (Å²) < 4.78 is 44.5. The molecule has 0 bridgehead atoms. The van der Waals surface area contributed by atoms with E-state index in [0.717, 1.165) is 35.9 Å². The zero-order valence-electron chi connectivity index (χ0n) is 16.1. The molecule has 9 heteroatoms. The van der Waals surface area contributed by atoms with Gasteiger partial charge in [0.25, 0.3) is 0 Å². The molecular formula is C20H23F3N2O4. The largest absolute Gasteiger partial charge is 0.491 e. The summed E-state index contributed by atoms with van der Waals surface area (Å²) in [6.45, 7) is 1.58. The van der Waals surface area contributed by atoms with Crippen molar-refractivity contribution in [3.05, 3.63) is 23.8 Å². The summed E-state index contributed by atoms with van der Waals surface area (Å²) >= 11 is 0. The van der Waals surface area contributed by atoms with Crippen LogP contribution >= 0.6 is 0 Å². The van der Waals surface area contributed by atoms with Crippen LogP contribution in [0.15, 0.2) is 18.2 Å². The van der Waals surface area contributed by atoms with E-state index >= 15 is 0 Å². The number of hydrogen-bond acceptors (Lipinski definition) is 4. The fourth-order valence-corrected chi connectivity index (χ4v) is 3.86. The van der Waals surface area contributed by atoms with E-state index in [1.807, 2.05) is 6.92 Å². The number of halogens is 3. The molecule has 1 aliphatic carbocycles. The van der Waals surface area contributed by atoms with Gasteiger partial charge in [-0.2, -0.15) is 13.2 Å². The molecule has 2 atom stereocenters. The molecule has 1 saturated carbocycles. The molecule has 1 saturated heterocycles. The first kappa shape index (κ1) is 21.1. The van der Waals surface area contributed by atoms with Gasteiger partial charge in [0.05, 0.1) is 29.7 Å². The lowest BCUT2D eigenvalue weighted by molar-refractivity contribution is -0.142. The lowest BCUT2D eigenvalue weighted by atomic mass is 9.81. The summed E-state index contributed by atoms with van der Waals surface area (Å²) in [6.07, 6.45) is -0.982. The standard InChI is InChI=1S/C20H23F3N2O4/c1-2-9-29-16-8-7-12(20(21,22)23)10-15(16)24-17(26)11-25-18(27)13-5-3-4-6-14(13)19(25)28/h7-8,10,13-14H,2-6,9,11H2,1H3,(H,24,26)/t13-,14+. The van der Waals surface area contributed by atoms with Gasteiger partial charge in [-0.25, -0.2) is 0 Å². The maximum absolute atomic E-state index is 13.0. The number of hydrogen-bond donors (Lipinski definition) is 1. The number of nitrogens with zero attached hydrogens (tertiary/aromatic N) is 1. The van der Waals surface area contributed by atoms with Crippen molar-refractivity contribution in [3.8, 4) is 5.75 Å². The van der Waals surface area contributed by atoms with Crippen LogP contribution in [0.5, 0.6) is 5.75 Å². The van der Waals surface area contributed by atoms with Crippen molar-refractivity contribution in [1.29, 1.82) is 0 Å². The number of ether oxygens (including phenoxy) is 1. The molecule has 1 N–H and O–H groups in total. The van der Waals surface area contributed by atoms with E-state index in [-0.39, 0.29) is 41.7 Å². The Hall–Kier alpha value is -2.58. The number of imide groups is 1. The summed E-state index contributed by atoms with van der Waals surface area (Å²) in [5.74, 6) is -2.17. The van der Waals surface area contributed by atoms with E-state index < -0.39 is 24.2 Å². The van der Waals surface area contributed by atoms with Gasteiger partial charge >= 0.3 is 6.18 Å². The average molecular weight is 412 g/mol. The highest BCUT2D eigenvalue weighted by atomic mass is 19.4. The van der Waals surface area contributed by atoms with Gasteiger partial charge in [-0.05, 0) is 37.5 Å². The molecule has 158 valence electrons. The van der Waals surface area contributed by atoms with Crippen LogP contribution in [0.1, 0.15) is 44.6 Å². The third kappa shape index (κ3) is 4.54. The Labute approximate surface area is 166 Å². The molecule has 0 unspecified atom stereocenters. The van der Waals surface area contributed by atoms with E-state index in [9.17, 15) is 27.6 Å². The maximum Gasteiger partial charge on any atom is 0.416 e. The normalized spacial score (nSPS) is 21.9. The van der Waals surface area contributed by atoms with E-state index in [1.165, 1.54) is 0 Å². The highest BCUT2D eigenvalue weighted by molar-refractivity contribution is 6.08. The van der Waals surface area contributed by atoms with Crippen LogP contribution in [0.25, 0.3) is 0 Å². The van der Waals surface area contributed by atoms with Crippen LogP contribution in [0.3, 0.4) is 0 Å². The fraction of sp³-hybridized carbons (Fsp3) is 0.550. The lowest BCUT2D eigenvalue weighted by Crippen LogP contribution is -2.38. The second-order valence-corrected chi connectivity index (χ2v) is 7.37. The number of nitrogens with one attached hydrogen (secondary N) is 1. The third-order valence-electron chi connectivity index (χ3n) is 5.28. The Balaban J connectivity index is 1.75. The first-order chi connectivity index (χ1) is 13.7. The van der Waals surface area contributed by atoms with Gasteiger partial charge in [-0.1, -0.05) is 19.8 Å². The minimum atomic E-state index is -4.58. The van der Waals surface area contributed by atoms with E-state index in [0.29, 0.717) is 19.3 Å². The molecule has 0 radical (unpaired) electrons. The molecule has 3 rings (SSSR count). The van der Waals surface area contributed by atoms with Gasteiger partial charge in [0.2, 0.25) is 17.7 Å². The molecule has 0 aromatic heterocycles. The quantitative estimate of drug-likeness (QED) is 0.725. The lowest BCUT2D eigenvalue weighted by Gasteiger charge is -2.19. The topological polar surface area (TPSA) is 75.7 Å². The van der Waals surface area contributed by atoms with Gasteiger partial charge in [-0.15, -0.1) is 0 Å². The number of carbonyl (C=O) groups is 3. The smallest absolute Gasteiger partial charge is 0.416 e. The van der Waals surface area contributed by atoms with Crippen LogP contribution in [0.2, 0.25) is 0 Å². The molecule has 1 aromatic carbocycles. The van der Waals surface area contributed by atoms with Gasteiger partial charge in [0.15, 0.2) is 0 Å². The summed E-state index contributed by atoms with van der Waals surface area (Å²) in [6, 6.07) is 2.81. The summed E-state index contributed by atoms with van der Waals surface area (Å²) in [4.78, 5) is 38.4. The van der Waals surface area contributed by atoms with E-state index in [2.05, 4.69) is 5.32 Å². The number of carbonyl (C=O) groups excluding carboxylic acids is 3. The van der Waals surface area contributed by atoms with Gasteiger partial charge in [0, 0.05) is 0 Å². The monoisotopic (exact) mass is 412 g/mol. The predicted octanol–water partition coefficient (Wildman–Crippen LogP) is 3.61. The van der Waals surface area contributed by atoms with Crippen molar-refractivity contribution in [2.75, 3.05) is 18.5 Å². The Morgan fingerprint density at radius 2 is 1.79 bits per heavy atom. The van der Waals surface area contributed by atoms with E-state index in [4.69, 9.17) is 4.74 Å². The molecule has 3 amide bonds. The molecule has 1 aromatic rings. The number of fused-ring (bicyclic) bond motifs is 1. The van der Waals surface area contributed by atoms with Crippen molar-refractivity contribution in [3.63, 3.8) is 0 Å². The van der Waals surface area contributed by atoms with Crippen LogP contribution in [-0.4, -0.2) is 35.8 Å². The van der Waals surface area contributed by atoms with Crippen LogP contribution < -0.4 is 10.1 Å². The Morgan fingerprint density at radius 3 is 2.34 bits per heavy atom. The first-order valence-electron chi connectivity index (χ1n) is 9.71. The third-order valence-corrected chi connectivity index (χ3v) is 5.28. The molecule has 2 fully saturated rings. The highest BCUT2D eigenvalue weighted by Gasteiger charge is 2.48. The molecular weight excluding hydrogens is 389 g/mol. The average Bonchev–Trinajstić information content (AvgIpc) is 2.91. The highest BCUT2D eigenvalue weighted by Crippen LogP contribution is 2.38.